The number of nitrogens with one attached hydrogen (secondary N) is 1. The second-order valence-corrected chi connectivity index (χ2v) is 4.25. The lowest BCUT2D eigenvalue weighted by Gasteiger charge is -2.22. The molecule has 8 heteroatoms. The van der Waals surface area contributed by atoms with Gasteiger partial charge in [-0.3, -0.25) is 0 Å². The molecule has 0 radical (unpaired) electrons. The van der Waals surface area contributed by atoms with Gasteiger partial charge in [0, 0.05) is 0 Å². The van der Waals surface area contributed by atoms with Crippen LogP contribution in [0.25, 0.3) is 0 Å². The van der Waals surface area contributed by atoms with Gasteiger partial charge in [-0.15, -0.1) is 0 Å². The van der Waals surface area contributed by atoms with Gasteiger partial charge >= 0.3 is 18.0 Å². The van der Waals surface area contributed by atoms with Crippen molar-refractivity contribution in [2.75, 3.05) is 0 Å². The van der Waals surface area contributed by atoms with Gasteiger partial charge in [-0.05, 0) is 20.8 Å². The van der Waals surface area contributed by atoms with E-state index in [4.69, 9.17) is 20.1 Å². The lowest BCUT2D eigenvalue weighted by molar-refractivity contribution is -0.156. The topological polar surface area (TPSA) is 133 Å². The van der Waals surface area contributed by atoms with Crippen LogP contribution in [0.15, 0.2) is 0 Å². The van der Waals surface area contributed by atoms with Crippen molar-refractivity contribution in [3.05, 3.63) is 0 Å². The summed E-state index contributed by atoms with van der Waals surface area (Å²) in [5.41, 5.74) is -0.860. The molecule has 0 heterocycles. The van der Waals surface area contributed by atoms with Gasteiger partial charge in [-0.25, -0.2) is 14.4 Å². The van der Waals surface area contributed by atoms with Crippen LogP contribution >= 0.6 is 0 Å². The van der Waals surface area contributed by atoms with Gasteiger partial charge in [0.25, 0.3) is 0 Å². The van der Waals surface area contributed by atoms with E-state index in [0.717, 1.165) is 0 Å². The molecule has 0 unspecified atom stereocenters. The standard InChI is InChI=1S/C9H15NO7/c1-9(2,3)17-8(16)10-4(6(12)13)5(11)7(14)15/h4-5,11H,1-3H3,(H,10,16)(H,12,13)(H,14,15)/t4-,5-/m1/s1. The van der Waals surface area contributed by atoms with Crippen LogP contribution in [0.1, 0.15) is 20.8 Å². The maximum atomic E-state index is 11.2. The number of carbonyl (C=O) groups is 3. The van der Waals surface area contributed by atoms with Gasteiger partial charge < -0.3 is 25.4 Å². The zero-order valence-electron chi connectivity index (χ0n) is 9.63. The summed E-state index contributed by atoms with van der Waals surface area (Å²) in [6, 6.07) is -1.97. The minimum Gasteiger partial charge on any atom is -0.480 e. The summed E-state index contributed by atoms with van der Waals surface area (Å²) >= 11 is 0. The Morgan fingerprint density at radius 1 is 1.12 bits per heavy atom. The molecule has 17 heavy (non-hydrogen) atoms. The number of hydrogen-bond acceptors (Lipinski definition) is 5. The molecule has 0 fully saturated rings. The predicted octanol–water partition coefficient (Wildman–Crippen LogP) is -0.590. The molecule has 2 atom stereocenters. The van der Waals surface area contributed by atoms with Crippen LogP contribution in [0.2, 0.25) is 0 Å². The number of hydrogen-bond donors (Lipinski definition) is 4. The summed E-state index contributed by atoms with van der Waals surface area (Å²) in [6.07, 6.45) is -3.37. The van der Waals surface area contributed by atoms with Crippen LogP contribution in [0.5, 0.6) is 0 Å². The van der Waals surface area contributed by atoms with E-state index in [1.165, 1.54) is 0 Å². The van der Waals surface area contributed by atoms with Crippen LogP contribution in [-0.4, -0.2) is 51.1 Å². The predicted molar refractivity (Wildman–Crippen MR) is 54.4 cm³/mol. The van der Waals surface area contributed by atoms with Crippen molar-refractivity contribution in [1.82, 2.24) is 5.32 Å². The van der Waals surface area contributed by atoms with Gasteiger partial charge in [0.2, 0.25) is 0 Å². The van der Waals surface area contributed by atoms with E-state index in [-0.39, 0.29) is 0 Å². The van der Waals surface area contributed by atoms with Crippen LogP contribution < -0.4 is 5.32 Å². The van der Waals surface area contributed by atoms with Crippen molar-refractivity contribution >= 4 is 18.0 Å². The third-order valence-electron chi connectivity index (χ3n) is 1.51. The Morgan fingerprint density at radius 3 is 1.88 bits per heavy atom. The molecular formula is C9H15NO7. The first-order valence-corrected chi connectivity index (χ1v) is 4.68. The number of aliphatic hydroxyl groups excluding tert-OH is 1. The molecule has 98 valence electrons. The highest BCUT2D eigenvalue weighted by molar-refractivity contribution is 5.87. The molecular weight excluding hydrogens is 234 g/mol. The van der Waals surface area contributed by atoms with Crippen LogP contribution in [0.3, 0.4) is 0 Å². The number of ether oxygens (including phenoxy) is 1. The first-order chi connectivity index (χ1) is 7.54. The monoisotopic (exact) mass is 249 g/mol. The van der Waals surface area contributed by atoms with Gasteiger partial charge in [-0.2, -0.15) is 0 Å². The van der Waals surface area contributed by atoms with Crippen molar-refractivity contribution in [2.45, 2.75) is 38.5 Å². The highest BCUT2D eigenvalue weighted by atomic mass is 16.6. The number of alkyl carbamates (subject to hydrolysis) is 1. The average Bonchev–Trinajstić information content (AvgIpc) is 2.09. The van der Waals surface area contributed by atoms with E-state index >= 15 is 0 Å². The fourth-order valence-electron chi connectivity index (χ4n) is 0.853. The summed E-state index contributed by atoms with van der Waals surface area (Å²) < 4.78 is 4.73. The molecule has 0 aliphatic carbocycles. The number of carbonyl (C=O) groups excluding carboxylic acids is 1. The summed E-state index contributed by atoms with van der Waals surface area (Å²) in [5.74, 6) is -3.43. The lowest BCUT2D eigenvalue weighted by atomic mass is 10.1. The molecule has 0 aliphatic rings. The number of aliphatic hydroxyl groups is 1. The third-order valence-corrected chi connectivity index (χ3v) is 1.51. The smallest absolute Gasteiger partial charge is 0.408 e. The SMILES string of the molecule is CC(C)(C)OC(=O)N[C@@H](C(=O)O)[C@@H](O)C(=O)O. The molecule has 0 saturated heterocycles. The van der Waals surface area contributed by atoms with E-state index in [9.17, 15) is 14.4 Å². The van der Waals surface area contributed by atoms with Crippen molar-refractivity contribution in [1.29, 1.82) is 0 Å². The molecule has 0 bridgehead atoms. The first-order valence-electron chi connectivity index (χ1n) is 4.68. The van der Waals surface area contributed by atoms with Crippen LogP contribution in [0.4, 0.5) is 4.79 Å². The van der Waals surface area contributed by atoms with Crippen molar-refractivity contribution in [2.24, 2.45) is 0 Å². The van der Waals surface area contributed by atoms with Crippen molar-refractivity contribution in [3.8, 4) is 0 Å². The highest BCUT2D eigenvalue weighted by Crippen LogP contribution is 2.07. The zero-order valence-corrected chi connectivity index (χ0v) is 9.63. The Balaban J connectivity index is 4.62. The van der Waals surface area contributed by atoms with Crippen molar-refractivity contribution < 1.29 is 34.4 Å². The lowest BCUT2D eigenvalue weighted by Crippen LogP contribution is -2.52. The third kappa shape index (κ3) is 5.71. The Labute approximate surface area is 97.2 Å². The largest absolute Gasteiger partial charge is 0.480 e. The van der Waals surface area contributed by atoms with Crippen molar-refractivity contribution in [3.63, 3.8) is 0 Å². The highest BCUT2D eigenvalue weighted by Gasteiger charge is 2.34. The molecule has 1 amide bonds. The average molecular weight is 249 g/mol. The Kier molecular flexibility index (Phi) is 4.89. The molecule has 8 nitrogen and oxygen atoms in total. The fraction of sp³-hybridized carbons (Fsp3) is 0.667. The normalized spacial score (nSPS) is 14.6. The number of aliphatic carboxylic acids is 2. The molecule has 0 aromatic carbocycles. The van der Waals surface area contributed by atoms with Gasteiger partial charge in [-0.1, -0.05) is 0 Å². The minimum absolute atomic E-state index is 0.860. The fourth-order valence-corrected chi connectivity index (χ4v) is 0.853. The van der Waals surface area contributed by atoms with E-state index in [2.05, 4.69) is 0 Å². The van der Waals surface area contributed by atoms with Gasteiger partial charge in [0.05, 0.1) is 0 Å². The van der Waals surface area contributed by atoms with Crippen LogP contribution in [-0.2, 0) is 14.3 Å². The molecule has 4 N–H and O–H groups in total. The number of carboxylic acids is 2. The Bertz CT molecular complexity index is 320. The molecule has 0 aliphatic heterocycles. The number of amides is 1. The maximum absolute atomic E-state index is 11.2. The van der Waals surface area contributed by atoms with E-state index < -0.39 is 35.8 Å². The first kappa shape index (κ1) is 15.2. The summed E-state index contributed by atoms with van der Waals surface area (Å²) in [5, 5.41) is 27.9. The van der Waals surface area contributed by atoms with E-state index in [1.54, 1.807) is 26.1 Å². The quantitative estimate of drug-likeness (QED) is 0.523. The number of carboxylic acid groups (broad SMARTS) is 2. The van der Waals surface area contributed by atoms with E-state index in [1.807, 2.05) is 0 Å². The molecule has 0 spiro atoms. The summed E-state index contributed by atoms with van der Waals surface area (Å²) in [6.45, 7) is 4.65. The molecule has 0 aromatic heterocycles. The van der Waals surface area contributed by atoms with E-state index in [0.29, 0.717) is 0 Å². The molecule has 0 saturated carbocycles. The minimum atomic E-state index is -2.25. The Hall–Kier alpha value is -1.83. The maximum Gasteiger partial charge on any atom is 0.408 e. The summed E-state index contributed by atoms with van der Waals surface area (Å²) in [7, 11) is 0. The van der Waals surface area contributed by atoms with Crippen LogP contribution in [0, 0.1) is 0 Å². The number of rotatable bonds is 4. The second-order valence-electron chi connectivity index (χ2n) is 4.25. The van der Waals surface area contributed by atoms with Gasteiger partial charge in [0.15, 0.2) is 12.1 Å². The molecule has 0 aromatic rings. The summed E-state index contributed by atoms with van der Waals surface area (Å²) in [4.78, 5) is 32.3. The van der Waals surface area contributed by atoms with Gasteiger partial charge in [0.1, 0.15) is 5.60 Å². The second kappa shape index (κ2) is 5.48. The Morgan fingerprint density at radius 2 is 1.59 bits per heavy atom. The zero-order chi connectivity index (χ0) is 13.8. The molecule has 0 rings (SSSR count).